The van der Waals surface area contributed by atoms with Crippen LogP contribution < -0.4 is 21.3 Å². The Morgan fingerprint density at radius 2 is 1.82 bits per heavy atom. The van der Waals surface area contributed by atoms with Gasteiger partial charge in [-0.3, -0.25) is 9.59 Å². The summed E-state index contributed by atoms with van der Waals surface area (Å²) in [5.74, 6) is -0.537. The lowest BCUT2D eigenvalue weighted by atomic mass is 10.1. The third kappa shape index (κ3) is 9.46. The molecular formula is C19H27N5O4. The minimum atomic E-state index is -0.975. The van der Waals surface area contributed by atoms with E-state index in [0.29, 0.717) is 32.4 Å². The molecule has 0 aliphatic rings. The van der Waals surface area contributed by atoms with Crippen LogP contribution in [0.1, 0.15) is 31.7 Å². The standard InChI is InChI=1S/C19H27N5O4/c1-3-17(24-28)23-19(27)20-12-8-7-11-16(22-14(2)25)18(26)21-13-15-9-5-4-6-10-15/h3-6,9-10,16-17H,1,7-8,11-13H2,2H3,(H,21,26)(H,22,25)(H2,20,23,27)/t16-,17?/m0/s1. The summed E-state index contributed by atoms with van der Waals surface area (Å²) in [6.07, 6.45) is 1.90. The summed E-state index contributed by atoms with van der Waals surface area (Å²) in [4.78, 5) is 45.7. The second-order valence-electron chi connectivity index (χ2n) is 6.14. The van der Waals surface area contributed by atoms with Crippen molar-refractivity contribution in [2.24, 2.45) is 5.18 Å². The molecule has 0 bridgehead atoms. The first-order valence-corrected chi connectivity index (χ1v) is 9.04. The Labute approximate surface area is 164 Å². The molecule has 2 atom stereocenters. The van der Waals surface area contributed by atoms with Gasteiger partial charge in [0.25, 0.3) is 0 Å². The number of hydrogen-bond acceptors (Lipinski definition) is 5. The van der Waals surface area contributed by atoms with E-state index in [9.17, 15) is 19.3 Å². The Morgan fingerprint density at radius 1 is 1.11 bits per heavy atom. The molecule has 0 spiro atoms. The van der Waals surface area contributed by atoms with Crippen molar-refractivity contribution >= 4 is 17.8 Å². The molecule has 9 heteroatoms. The molecule has 0 aliphatic heterocycles. The summed E-state index contributed by atoms with van der Waals surface area (Å²) in [5, 5.41) is 13.1. The van der Waals surface area contributed by atoms with Crippen LogP contribution in [0.5, 0.6) is 0 Å². The second kappa shape index (κ2) is 13.0. The van der Waals surface area contributed by atoms with Gasteiger partial charge in [0, 0.05) is 20.0 Å². The molecule has 28 heavy (non-hydrogen) atoms. The van der Waals surface area contributed by atoms with Crippen molar-refractivity contribution in [3.63, 3.8) is 0 Å². The molecule has 9 nitrogen and oxygen atoms in total. The van der Waals surface area contributed by atoms with E-state index in [1.54, 1.807) is 0 Å². The molecule has 0 fully saturated rings. The third-order valence-electron chi connectivity index (χ3n) is 3.82. The van der Waals surface area contributed by atoms with E-state index < -0.39 is 18.2 Å². The van der Waals surface area contributed by atoms with Gasteiger partial charge in [-0.15, -0.1) is 4.91 Å². The fourth-order valence-electron chi connectivity index (χ4n) is 2.41. The number of benzene rings is 1. The first-order chi connectivity index (χ1) is 13.5. The topological polar surface area (TPSA) is 129 Å². The maximum atomic E-state index is 12.4. The molecule has 0 saturated carbocycles. The van der Waals surface area contributed by atoms with E-state index in [2.05, 4.69) is 33.0 Å². The molecule has 0 aliphatic carbocycles. The van der Waals surface area contributed by atoms with Crippen LogP contribution in [0.15, 0.2) is 48.2 Å². The average molecular weight is 389 g/mol. The molecule has 152 valence electrons. The van der Waals surface area contributed by atoms with Crippen molar-refractivity contribution in [1.29, 1.82) is 0 Å². The van der Waals surface area contributed by atoms with Crippen LogP contribution in [0.3, 0.4) is 0 Å². The van der Waals surface area contributed by atoms with Gasteiger partial charge in [-0.25, -0.2) is 4.79 Å². The van der Waals surface area contributed by atoms with Gasteiger partial charge in [0.05, 0.1) is 0 Å². The van der Waals surface area contributed by atoms with E-state index in [4.69, 9.17) is 0 Å². The number of amides is 4. The largest absolute Gasteiger partial charge is 0.350 e. The molecular weight excluding hydrogens is 362 g/mol. The zero-order valence-electron chi connectivity index (χ0n) is 15.9. The number of nitrogens with zero attached hydrogens (tertiary/aromatic N) is 1. The zero-order chi connectivity index (χ0) is 20.8. The number of carbonyl (C=O) groups is 3. The predicted molar refractivity (Wildman–Crippen MR) is 106 cm³/mol. The highest BCUT2D eigenvalue weighted by Crippen LogP contribution is 2.03. The Kier molecular flexibility index (Phi) is 10.6. The highest BCUT2D eigenvalue weighted by Gasteiger charge is 2.18. The van der Waals surface area contributed by atoms with Crippen LogP contribution >= 0.6 is 0 Å². The summed E-state index contributed by atoms with van der Waals surface area (Å²) >= 11 is 0. The Balaban J connectivity index is 2.35. The lowest BCUT2D eigenvalue weighted by Gasteiger charge is -2.18. The van der Waals surface area contributed by atoms with E-state index in [1.807, 2.05) is 30.3 Å². The van der Waals surface area contributed by atoms with E-state index in [1.165, 1.54) is 13.0 Å². The van der Waals surface area contributed by atoms with Crippen molar-refractivity contribution in [3.05, 3.63) is 53.5 Å². The van der Waals surface area contributed by atoms with Crippen LogP contribution in [-0.4, -0.2) is 36.6 Å². The van der Waals surface area contributed by atoms with Gasteiger partial charge in [-0.1, -0.05) is 36.9 Å². The van der Waals surface area contributed by atoms with Crippen molar-refractivity contribution in [2.75, 3.05) is 6.54 Å². The SMILES string of the molecule is C=CC(N=O)NC(=O)NCCCC[C@H](NC(C)=O)C(=O)NCc1ccccc1. The summed E-state index contributed by atoms with van der Waals surface area (Å²) in [5.41, 5.74) is 0.968. The number of urea groups is 1. The first kappa shape index (κ1) is 22.8. The zero-order valence-corrected chi connectivity index (χ0v) is 15.9. The number of carbonyl (C=O) groups excluding carboxylic acids is 3. The Bertz CT molecular complexity index is 658. The highest BCUT2D eigenvalue weighted by atomic mass is 16.3. The summed E-state index contributed by atoms with van der Waals surface area (Å²) in [7, 11) is 0. The Hall–Kier alpha value is -3.23. The normalized spacial score (nSPS) is 12.2. The number of rotatable bonds is 12. The number of hydrogen-bond donors (Lipinski definition) is 4. The molecule has 1 rings (SSSR count). The molecule has 4 N–H and O–H groups in total. The van der Waals surface area contributed by atoms with Crippen LogP contribution in [0, 0.1) is 4.91 Å². The molecule has 0 aromatic heterocycles. The number of unbranched alkanes of at least 4 members (excludes halogenated alkanes) is 1. The molecule has 1 aromatic carbocycles. The van der Waals surface area contributed by atoms with E-state index in [-0.39, 0.29) is 11.8 Å². The molecule has 0 radical (unpaired) electrons. The summed E-state index contributed by atoms with van der Waals surface area (Å²) in [6, 6.07) is 8.31. The molecule has 0 saturated heterocycles. The van der Waals surface area contributed by atoms with E-state index >= 15 is 0 Å². The monoisotopic (exact) mass is 389 g/mol. The minimum absolute atomic E-state index is 0.254. The van der Waals surface area contributed by atoms with Gasteiger partial charge in [0.15, 0.2) is 6.17 Å². The minimum Gasteiger partial charge on any atom is -0.350 e. The number of nitroso groups, excluding NO2 is 1. The lowest BCUT2D eigenvalue weighted by molar-refractivity contribution is -0.128. The summed E-state index contributed by atoms with van der Waals surface area (Å²) < 4.78 is 0. The van der Waals surface area contributed by atoms with Crippen molar-refractivity contribution in [1.82, 2.24) is 21.3 Å². The summed E-state index contributed by atoms with van der Waals surface area (Å²) in [6.45, 7) is 5.48. The van der Waals surface area contributed by atoms with E-state index in [0.717, 1.165) is 5.56 Å². The maximum absolute atomic E-state index is 12.4. The van der Waals surface area contributed by atoms with Gasteiger partial charge in [-0.2, -0.15) is 0 Å². The third-order valence-corrected chi connectivity index (χ3v) is 3.82. The van der Waals surface area contributed by atoms with Crippen LogP contribution in [0.4, 0.5) is 4.79 Å². The lowest BCUT2D eigenvalue weighted by Crippen LogP contribution is -2.46. The first-order valence-electron chi connectivity index (χ1n) is 9.04. The average Bonchev–Trinajstić information content (AvgIpc) is 2.69. The molecule has 0 heterocycles. The van der Waals surface area contributed by atoms with Gasteiger partial charge in [0.1, 0.15) is 6.04 Å². The fraction of sp³-hybridized carbons (Fsp3) is 0.421. The van der Waals surface area contributed by atoms with Crippen molar-refractivity contribution < 1.29 is 14.4 Å². The number of nitrogens with one attached hydrogen (secondary N) is 4. The van der Waals surface area contributed by atoms with Crippen LogP contribution in [0.2, 0.25) is 0 Å². The smallest absolute Gasteiger partial charge is 0.316 e. The van der Waals surface area contributed by atoms with Gasteiger partial charge < -0.3 is 21.3 Å². The quantitative estimate of drug-likeness (QED) is 0.246. The second-order valence-corrected chi connectivity index (χ2v) is 6.14. The van der Waals surface area contributed by atoms with Crippen molar-refractivity contribution in [3.8, 4) is 0 Å². The molecule has 1 aromatic rings. The van der Waals surface area contributed by atoms with Gasteiger partial charge in [-0.05, 0) is 36.1 Å². The fourth-order valence-corrected chi connectivity index (χ4v) is 2.41. The van der Waals surface area contributed by atoms with Crippen LogP contribution in [-0.2, 0) is 16.1 Å². The van der Waals surface area contributed by atoms with Gasteiger partial charge >= 0.3 is 6.03 Å². The predicted octanol–water partition coefficient (Wildman–Crippen LogP) is 1.56. The Morgan fingerprint density at radius 3 is 2.43 bits per heavy atom. The van der Waals surface area contributed by atoms with Gasteiger partial charge in [0.2, 0.25) is 11.8 Å². The molecule has 4 amide bonds. The highest BCUT2D eigenvalue weighted by molar-refractivity contribution is 5.86. The maximum Gasteiger partial charge on any atom is 0.316 e. The molecule has 1 unspecified atom stereocenters. The van der Waals surface area contributed by atoms with Crippen molar-refractivity contribution in [2.45, 2.75) is 44.9 Å². The van der Waals surface area contributed by atoms with Crippen LogP contribution in [0.25, 0.3) is 0 Å².